The average molecular weight is 1270 g/mol. The predicted octanol–water partition coefficient (Wildman–Crippen LogP) is 20.8. The van der Waals surface area contributed by atoms with Gasteiger partial charge >= 0.3 is 0 Å². The minimum absolute atomic E-state index is 0.507. The molecule has 9 heterocycles. The highest BCUT2D eigenvalue weighted by Crippen LogP contribution is 2.51. The Balaban J connectivity index is 0.883. The van der Waals surface area contributed by atoms with Gasteiger partial charge in [-0.3, -0.25) is 23.7 Å². The van der Waals surface area contributed by atoms with Crippen LogP contribution >= 0.6 is 11.3 Å². The quantitative estimate of drug-likeness (QED) is 0.152. The van der Waals surface area contributed by atoms with Crippen molar-refractivity contribution in [1.29, 1.82) is 5.26 Å². The second kappa shape index (κ2) is 20.8. The van der Waals surface area contributed by atoms with Crippen molar-refractivity contribution in [2.45, 2.75) is 0 Å². The lowest BCUT2D eigenvalue weighted by Crippen LogP contribution is -2.06. The molecule has 0 bridgehead atoms. The zero-order valence-electron chi connectivity index (χ0n) is 51.8. The van der Waals surface area contributed by atoms with Gasteiger partial charge in [-0.05, 0) is 112 Å². The van der Waals surface area contributed by atoms with Crippen LogP contribution in [0.3, 0.4) is 0 Å². The highest BCUT2D eigenvalue weighted by atomic mass is 32.1. The fourth-order valence-electron chi connectivity index (χ4n) is 15.4. The van der Waals surface area contributed by atoms with E-state index in [0.29, 0.717) is 28.9 Å². The van der Waals surface area contributed by atoms with Gasteiger partial charge < -0.3 is 0 Å². The third-order valence-electron chi connectivity index (χ3n) is 19.6. The minimum Gasteiger partial charge on any atom is -0.291 e. The van der Waals surface area contributed by atoms with Gasteiger partial charge in [0, 0.05) is 99.2 Å². The van der Waals surface area contributed by atoms with Gasteiger partial charge in [0.1, 0.15) is 11.6 Å². The predicted molar refractivity (Wildman–Crippen MR) is 399 cm³/mol. The van der Waals surface area contributed by atoms with Gasteiger partial charge in [0.15, 0.2) is 11.6 Å². The first-order valence-corrected chi connectivity index (χ1v) is 33.3. The summed E-state index contributed by atoms with van der Waals surface area (Å²) in [4.78, 5) is 42.8. The molecule has 0 spiro atoms. The molecule has 0 radical (unpaired) electrons. The normalized spacial score (nSPS) is 12.1. The first-order valence-electron chi connectivity index (χ1n) is 32.4. The number of nitrogens with zero attached hydrogens (tertiary/aromatic N) is 12. The van der Waals surface area contributed by atoms with Crippen LogP contribution in [-0.2, 0) is 0 Å². The molecule has 0 amide bonds. The van der Waals surface area contributed by atoms with E-state index in [9.17, 15) is 5.26 Å². The number of benzene rings is 12. The summed E-state index contributed by atoms with van der Waals surface area (Å²) in [5.74, 6) is 3.20. The monoisotopic (exact) mass is 1270 g/mol. The fraction of sp³-hybridized carbons (Fsp3) is 0. The van der Waals surface area contributed by atoms with Crippen molar-refractivity contribution in [2.75, 3.05) is 0 Å². The molecule has 13 heteroatoms. The summed E-state index contributed by atoms with van der Waals surface area (Å²) in [5.41, 5.74) is 13.9. The van der Waals surface area contributed by atoms with Gasteiger partial charge in [-0.15, -0.1) is 11.3 Å². The molecular weight excluding hydrogens is 1220 g/mol. The maximum absolute atomic E-state index is 10.4. The summed E-state index contributed by atoms with van der Waals surface area (Å²) < 4.78 is 9.29. The summed E-state index contributed by atoms with van der Waals surface area (Å²) in [6.07, 6.45) is 7.70. The number of thiophene rings is 1. The average Bonchev–Trinajstić information content (AvgIpc) is 1.53. The lowest BCUT2D eigenvalue weighted by molar-refractivity contribution is 1.02. The highest BCUT2D eigenvalue weighted by Gasteiger charge is 2.30. The van der Waals surface area contributed by atoms with Gasteiger partial charge in [-0.25, -0.2) is 29.9 Å². The molecule has 0 aliphatic carbocycles. The minimum atomic E-state index is 0.507. The molecule has 9 aromatic heterocycles. The van der Waals surface area contributed by atoms with E-state index in [1.54, 1.807) is 11.3 Å². The molecule has 0 aliphatic rings. The molecule has 98 heavy (non-hydrogen) atoms. The second-order valence-electron chi connectivity index (χ2n) is 24.9. The number of para-hydroxylation sites is 3. The zero-order chi connectivity index (χ0) is 64.3. The van der Waals surface area contributed by atoms with E-state index in [1.807, 2.05) is 97.6 Å². The Morgan fingerprint density at radius 2 is 0.857 bits per heavy atom. The summed E-state index contributed by atoms with van der Waals surface area (Å²) >= 11 is 1.79. The van der Waals surface area contributed by atoms with Gasteiger partial charge in [-0.1, -0.05) is 176 Å². The van der Waals surface area contributed by atoms with Gasteiger partial charge in [0.2, 0.25) is 5.95 Å². The lowest BCUT2D eigenvalue weighted by Gasteiger charge is -2.17. The number of hydrogen-bond acceptors (Lipinski definition) is 10. The van der Waals surface area contributed by atoms with Crippen molar-refractivity contribution >= 4 is 151 Å². The topological polar surface area (TPSA) is 142 Å². The number of aromatic nitrogens is 11. The number of hydrogen-bond donors (Lipinski definition) is 0. The summed E-state index contributed by atoms with van der Waals surface area (Å²) in [5, 5.41) is 26.1. The van der Waals surface area contributed by atoms with Crippen molar-refractivity contribution in [3.05, 3.63) is 285 Å². The molecule has 0 fully saturated rings. The van der Waals surface area contributed by atoms with Crippen molar-refractivity contribution in [3.8, 4) is 68.8 Å². The van der Waals surface area contributed by atoms with E-state index in [2.05, 4.69) is 202 Å². The second-order valence-corrected chi connectivity index (χ2v) is 25.9. The first kappa shape index (κ1) is 54.0. The van der Waals surface area contributed by atoms with Gasteiger partial charge in [0.25, 0.3) is 0 Å². The van der Waals surface area contributed by atoms with Crippen molar-refractivity contribution in [1.82, 2.24) is 53.6 Å². The molecular formula is C85H46N12S. The Bertz CT molecular complexity index is 7080. The molecule has 0 N–H and O–H groups in total. The van der Waals surface area contributed by atoms with E-state index in [0.717, 1.165) is 158 Å². The molecule has 0 saturated heterocycles. The SMILES string of the molecule is N#Cc1cccc(-c2nc(-n3c4ccncc4c4c5ccccc5c5c6ccccc6sc5c43)nc3cc(-c4ccc5c(c4)c4c6ccncc6n(-c6nc(-c7ccccc7)nc7ccccc67)c4c4c5c5ccccc5n4-c4nc(-c5ccccc5)nc5ccccc45)ccc23)c1. The van der Waals surface area contributed by atoms with Crippen molar-refractivity contribution in [2.24, 2.45) is 0 Å². The summed E-state index contributed by atoms with van der Waals surface area (Å²) in [6, 6.07) is 90.9. The molecule has 0 unspecified atom stereocenters. The molecule has 0 atom stereocenters. The van der Waals surface area contributed by atoms with E-state index in [4.69, 9.17) is 39.9 Å². The van der Waals surface area contributed by atoms with Gasteiger partial charge in [-0.2, -0.15) is 5.26 Å². The number of rotatable bonds is 7. The Morgan fingerprint density at radius 3 is 1.58 bits per heavy atom. The van der Waals surface area contributed by atoms with Crippen LogP contribution in [-0.4, -0.2) is 53.6 Å². The molecule has 452 valence electrons. The van der Waals surface area contributed by atoms with E-state index < -0.39 is 0 Å². The summed E-state index contributed by atoms with van der Waals surface area (Å²) in [6.45, 7) is 0. The molecule has 0 saturated carbocycles. The molecule has 21 aromatic rings. The smallest absolute Gasteiger partial charge is 0.235 e. The Kier molecular flexibility index (Phi) is 11.5. The largest absolute Gasteiger partial charge is 0.291 e. The molecule has 21 rings (SSSR count). The van der Waals surface area contributed by atoms with E-state index in [-0.39, 0.29) is 0 Å². The number of nitriles is 1. The van der Waals surface area contributed by atoms with Crippen LogP contribution in [0.1, 0.15) is 5.56 Å². The first-order chi connectivity index (χ1) is 48.6. The fourth-order valence-corrected chi connectivity index (χ4v) is 16.7. The lowest BCUT2D eigenvalue weighted by atomic mass is 9.94. The Labute approximate surface area is 560 Å². The Morgan fingerprint density at radius 1 is 0.316 bits per heavy atom. The van der Waals surface area contributed by atoms with Crippen molar-refractivity contribution < 1.29 is 0 Å². The van der Waals surface area contributed by atoms with Crippen LogP contribution in [0.25, 0.3) is 203 Å². The maximum Gasteiger partial charge on any atom is 0.235 e. The van der Waals surface area contributed by atoms with Crippen LogP contribution in [0.2, 0.25) is 0 Å². The molecule has 12 nitrogen and oxygen atoms in total. The summed E-state index contributed by atoms with van der Waals surface area (Å²) in [7, 11) is 0. The van der Waals surface area contributed by atoms with Gasteiger partial charge in [0.05, 0.1) is 77.9 Å². The number of fused-ring (bicyclic) bond motifs is 23. The van der Waals surface area contributed by atoms with Crippen LogP contribution in [0.15, 0.2) is 280 Å². The third kappa shape index (κ3) is 7.79. The molecule has 12 aromatic carbocycles. The zero-order valence-corrected chi connectivity index (χ0v) is 52.6. The van der Waals surface area contributed by atoms with E-state index >= 15 is 0 Å². The van der Waals surface area contributed by atoms with Crippen LogP contribution in [0, 0.1) is 11.3 Å². The number of pyridine rings is 2. The van der Waals surface area contributed by atoms with E-state index in [1.165, 1.54) is 20.9 Å². The standard InChI is InChI=1S/C85H46N12S/c86-45-48-18-17-23-53(42-48)76-57-37-35-52(44-67(57)91-85(92-76)97-69-39-41-87-46-64(69)73-54-24-7-8-25-55(54)75-62-29-12-16-33-71(62)98-80(75)79(73)97)51-34-36-56-63(43-51)74-61-38-40-88-47-70(61)96(84-59-27-10-14-31-66(59)90-82(94-84)50-21-5-2-6-22-50)78(74)77-72(56)60-28-11-15-32-68(60)95(77)83-58-26-9-13-30-65(58)89-81(93-83)49-19-3-1-4-20-49/h1-44,46-47H. The Hall–Kier alpha value is -13.4. The van der Waals surface area contributed by atoms with Crippen LogP contribution in [0.5, 0.6) is 0 Å². The van der Waals surface area contributed by atoms with Crippen LogP contribution < -0.4 is 0 Å². The highest BCUT2D eigenvalue weighted by molar-refractivity contribution is 7.27. The third-order valence-corrected chi connectivity index (χ3v) is 20.8. The molecule has 0 aliphatic heterocycles. The van der Waals surface area contributed by atoms with Crippen LogP contribution in [0.4, 0.5) is 0 Å². The van der Waals surface area contributed by atoms with Crippen molar-refractivity contribution in [3.63, 3.8) is 0 Å². The maximum atomic E-state index is 10.4.